The van der Waals surface area contributed by atoms with Crippen LogP contribution in [0.5, 0.6) is 0 Å². The van der Waals surface area contributed by atoms with Crippen molar-refractivity contribution in [1.82, 2.24) is 20.4 Å². The maximum atomic E-state index is 13.1. The molecule has 9 nitrogen and oxygen atoms in total. The van der Waals surface area contributed by atoms with E-state index in [0.29, 0.717) is 5.56 Å². The molecule has 1 fully saturated rings. The molecule has 0 bridgehead atoms. The van der Waals surface area contributed by atoms with Crippen LogP contribution in [0.4, 0.5) is 18.0 Å². The molecule has 2 aromatic carbocycles. The smallest absolute Gasteiger partial charge is 0.416 e. The zero-order valence-corrected chi connectivity index (χ0v) is 18.3. The number of nitrogens with zero attached hydrogens (tertiary/aromatic N) is 3. The number of halogens is 3. The highest BCUT2D eigenvalue weighted by atomic mass is 19.4. The van der Waals surface area contributed by atoms with Gasteiger partial charge in [-0.2, -0.15) is 18.2 Å². The van der Waals surface area contributed by atoms with Gasteiger partial charge in [0, 0.05) is 5.56 Å². The third kappa shape index (κ3) is 4.72. The van der Waals surface area contributed by atoms with Crippen molar-refractivity contribution in [2.75, 3.05) is 6.54 Å². The van der Waals surface area contributed by atoms with Crippen LogP contribution in [0.2, 0.25) is 0 Å². The molecule has 3 aromatic rings. The summed E-state index contributed by atoms with van der Waals surface area (Å²) in [4.78, 5) is 42.5. The molecule has 1 aliphatic heterocycles. The van der Waals surface area contributed by atoms with Crippen molar-refractivity contribution in [2.24, 2.45) is 0 Å². The molecular weight excluding hydrogens is 469 g/mol. The first-order valence-electron chi connectivity index (χ1n) is 10.5. The average molecular weight is 488 g/mol. The number of aromatic nitrogens is 2. The number of amides is 3. The van der Waals surface area contributed by atoms with Crippen molar-refractivity contribution < 1.29 is 36.8 Å². The summed E-state index contributed by atoms with van der Waals surface area (Å²) < 4.78 is 48.7. The zero-order valence-electron chi connectivity index (χ0n) is 18.3. The fourth-order valence-corrected chi connectivity index (χ4v) is 3.71. The van der Waals surface area contributed by atoms with E-state index < -0.39 is 48.3 Å². The fourth-order valence-electron chi connectivity index (χ4n) is 3.71. The molecule has 182 valence electrons. The highest BCUT2D eigenvalue weighted by molar-refractivity contribution is 6.09. The van der Waals surface area contributed by atoms with E-state index in [1.807, 2.05) is 0 Å². The van der Waals surface area contributed by atoms with Crippen LogP contribution in [0.25, 0.3) is 11.4 Å². The molecule has 1 N–H and O–H groups in total. The van der Waals surface area contributed by atoms with E-state index >= 15 is 0 Å². The van der Waals surface area contributed by atoms with Crippen LogP contribution in [0.1, 0.15) is 30.4 Å². The Bertz CT molecular complexity index is 1260. The number of urea groups is 1. The predicted octanol–water partition coefficient (Wildman–Crippen LogP) is 3.66. The number of ether oxygens (including phenoxy) is 1. The molecular formula is C23H19F3N4O5. The van der Waals surface area contributed by atoms with Gasteiger partial charge >= 0.3 is 18.2 Å². The molecule has 1 aromatic heterocycles. The van der Waals surface area contributed by atoms with Crippen LogP contribution in [-0.4, -0.2) is 39.5 Å². The van der Waals surface area contributed by atoms with Crippen molar-refractivity contribution >= 4 is 17.9 Å². The lowest BCUT2D eigenvalue weighted by atomic mass is 9.87. The van der Waals surface area contributed by atoms with Crippen molar-refractivity contribution in [3.05, 3.63) is 71.6 Å². The molecule has 0 spiro atoms. The second-order valence-electron chi connectivity index (χ2n) is 7.70. The van der Waals surface area contributed by atoms with Gasteiger partial charge in [0.1, 0.15) is 12.1 Å². The van der Waals surface area contributed by atoms with E-state index in [1.54, 1.807) is 37.3 Å². The summed E-state index contributed by atoms with van der Waals surface area (Å²) in [6.45, 7) is 0.602. The summed E-state index contributed by atoms with van der Waals surface area (Å²) >= 11 is 0. The Hall–Kier alpha value is -4.22. The van der Waals surface area contributed by atoms with Crippen molar-refractivity contribution in [2.45, 2.75) is 31.7 Å². The fraction of sp³-hybridized carbons (Fsp3) is 0.261. The van der Waals surface area contributed by atoms with Gasteiger partial charge in [-0.05, 0) is 24.1 Å². The highest BCUT2D eigenvalue weighted by Gasteiger charge is 2.51. The Balaban J connectivity index is 1.39. The lowest BCUT2D eigenvalue weighted by Gasteiger charge is -2.25. The van der Waals surface area contributed by atoms with E-state index in [2.05, 4.69) is 15.5 Å². The monoisotopic (exact) mass is 488 g/mol. The summed E-state index contributed by atoms with van der Waals surface area (Å²) in [6.07, 6.45) is -4.26. The second kappa shape index (κ2) is 9.20. The molecule has 4 rings (SSSR count). The largest absolute Gasteiger partial charge is 0.454 e. The van der Waals surface area contributed by atoms with E-state index in [4.69, 9.17) is 9.26 Å². The minimum atomic E-state index is -4.53. The number of carbonyl (C=O) groups excluding carboxylic acids is 3. The minimum absolute atomic E-state index is 0.0669. The molecule has 1 unspecified atom stereocenters. The summed E-state index contributed by atoms with van der Waals surface area (Å²) in [6, 6.07) is 12.3. The second-order valence-corrected chi connectivity index (χ2v) is 7.70. The van der Waals surface area contributed by atoms with Gasteiger partial charge in [-0.25, -0.2) is 4.79 Å². The van der Waals surface area contributed by atoms with Crippen molar-refractivity contribution in [3.63, 3.8) is 0 Å². The molecule has 0 saturated carbocycles. The summed E-state index contributed by atoms with van der Waals surface area (Å²) in [5.74, 6) is -1.79. The van der Waals surface area contributed by atoms with Gasteiger partial charge in [0.05, 0.1) is 5.56 Å². The molecule has 1 aliphatic rings. The summed E-state index contributed by atoms with van der Waals surface area (Å²) in [5, 5.41) is 6.26. The average Bonchev–Trinajstić information content (AvgIpc) is 3.42. The summed E-state index contributed by atoms with van der Waals surface area (Å²) in [7, 11) is 0. The Morgan fingerprint density at radius 3 is 2.57 bits per heavy atom. The van der Waals surface area contributed by atoms with Crippen molar-refractivity contribution in [1.29, 1.82) is 0 Å². The Labute approximate surface area is 196 Å². The molecule has 12 heteroatoms. The SMILES string of the molecule is CCC1(c2ccccc2)NC(=O)N(CC(=O)OCc2nc(-c3cccc(C(F)(F)F)c3)no2)C1=O. The molecule has 2 heterocycles. The number of imide groups is 1. The Morgan fingerprint density at radius 1 is 1.14 bits per heavy atom. The highest BCUT2D eigenvalue weighted by Crippen LogP contribution is 2.33. The van der Waals surface area contributed by atoms with E-state index in [-0.39, 0.29) is 23.7 Å². The molecule has 1 saturated heterocycles. The predicted molar refractivity (Wildman–Crippen MR) is 113 cm³/mol. The normalized spacial score (nSPS) is 18.0. The minimum Gasteiger partial charge on any atom is -0.454 e. The molecule has 1 atom stereocenters. The number of nitrogens with one attached hydrogen (secondary N) is 1. The number of hydrogen-bond donors (Lipinski definition) is 1. The topological polar surface area (TPSA) is 115 Å². The zero-order chi connectivity index (χ0) is 25.2. The summed E-state index contributed by atoms with van der Waals surface area (Å²) in [5.41, 5.74) is -1.51. The maximum absolute atomic E-state index is 13.1. The Kier molecular flexibility index (Phi) is 6.29. The number of rotatable bonds is 7. The van der Waals surface area contributed by atoms with E-state index in [1.165, 1.54) is 12.1 Å². The van der Waals surface area contributed by atoms with Crippen LogP contribution in [0.3, 0.4) is 0 Å². The number of alkyl halides is 3. The van der Waals surface area contributed by atoms with Gasteiger partial charge in [-0.3, -0.25) is 14.5 Å². The first-order valence-corrected chi connectivity index (χ1v) is 10.5. The van der Waals surface area contributed by atoms with Gasteiger partial charge in [-0.1, -0.05) is 54.5 Å². The van der Waals surface area contributed by atoms with E-state index in [9.17, 15) is 27.6 Å². The third-order valence-corrected chi connectivity index (χ3v) is 5.53. The number of esters is 1. The Morgan fingerprint density at radius 2 is 1.89 bits per heavy atom. The van der Waals surface area contributed by atoms with Gasteiger partial charge in [0.2, 0.25) is 5.82 Å². The standard InChI is InChI=1S/C23H19F3N4O5/c1-2-22(15-8-4-3-5-9-15)20(32)30(21(33)28-22)12-18(31)34-13-17-27-19(29-35-17)14-7-6-10-16(11-14)23(24,25)26/h3-11H,2,12-13H2,1H3,(H,28,33). The number of hydrogen-bond acceptors (Lipinski definition) is 7. The van der Waals surface area contributed by atoms with E-state index in [0.717, 1.165) is 17.0 Å². The molecule has 0 aliphatic carbocycles. The third-order valence-electron chi connectivity index (χ3n) is 5.53. The van der Waals surface area contributed by atoms with Gasteiger partial charge < -0.3 is 14.6 Å². The lowest BCUT2D eigenvalue weighted by molar-refractivity contribution is -0.149. The van der Waals surface area contributed by atoms with Crippen LogP contribution < -0.4 is 5.32 Å². The molecule has 0 radical (unpaired) electrons. The molecule has 35 heavy (non-hydrogen) atoms. The van der Waals surface area contributed by atoms with Gasteiger partial charge in [0.25, 0.3) is 11.8 Å². The number of benzene rings is 2. The maximum Gasteiger partial charge on any atom is 0.416 e. The number of carbonyl (C=O) groups is 3. The van der Waals surface area contributed by atoms with Gasteiger partial charge in [-0.15, -0.1) is 0 Å². The van der Waals surface area contributed by atoms with Crippen LogP contribution >= 0.6 is 0 Å². The van der Waals surface area contributed by atoms with Crippen LogP contribution in [0, 0.1) is 0 Å². The first kappa shape index (κ1) is 23.9. The van der Waals surface area contributed by atoms with Crippen LogP contribution in [-0.2, 0) is 32.6 Å². The van der Waals surface area contributed by atoms with Crippen LogP contribution in [0.15, 0.2) is 59.1 Å². The first-order chi connectivity index (χ1) is 16.6. The lowest BCUT2D eigenvalue weighted by Crippen LogP contribution is -2.43. The molecule has 3 amide bonds. The van der Waals surface area contributed by atoms with Crippen molar-refractivity contribution in [3.8, 4) is 11.4 Å². The van der Waals surface area contributed by atoms with Gasteiger partial charge in [0.15, 0.2) is 6.61 Å². The quantitative estimate of drug-likeness (QED) is 0.399.